The van der Waals surface area contributed by atoms with E-state index in [2.05, 4.69) is 17.1 Å². The van der Waals surface area contributed by atoms with Crippen LogP contribution in [0.3, 0.4) is 0 Å². The normalized spacial score (nSPS) is 12.3. The van der Waals surface area contributed by atoms with Gasteiger partial charge in [0.15, 0.2) is 0 Å². The molecule has 2 N–H and O–H groups in total. The smallest absolute Gasteiger partial charge is 0.0336 e. The monoisotopic (exact) mass is 198 g/mol. The van der Waals surface area contributed by atoms with E-state index in [1.54, 1.807) is 12.4 Å². The molecule has 2 rings (SSSR count). The van der Waals surface area contributed by atoms with Gasteiger partial charge in [-0.05, 0) is 29.7 Å². The highest BCUT2D eigenvalue weighted by Gasteiger charge is 2.05. The van der Waals surface area contributed by atoms with E-state index in [0.29, 0.717) is 0 Å². The third-order valence-corrected chi connectivity index (χ3v) is 2.43. The van der Waals surface area contributed by atoms with Crippen molar-refractivity contribution in [2.45, 2.75) is 12.5 Å². The third kappa shape index (κ3) is 2.64. The fourth-order valence-electron chi connectivity index (χ4n) is 1.60. The number of benzene rings is 1. The van der Waals surface area contributed by atoms with Gasteiger partial charge in [0.05, 0.1) is 0 Å². The summed E-state index contributed by atoms with van der Waals surface area (Å²) in [6, 6.07) is 14.3. The van der Waals surface area contributed by atoms with Gasteiger partial charge in [0, 0.05) is 18.4 Å². The zero-order chi connectivity index (χ0) is 10.5. The van der Waals surface area contributed by atoms with Crippen molar-refractivity contribution in [2.75, 3.05) is 0 Å². The summed E-state index contributed by atoms with van der Waals surface area (Å²) in [5.41, 5.74) is 8.50. The van der Waals surface area contributed by atoms with E-state index in [9.17, 15) is 0 Å². The quantitative estimate of drug-likeness (QED) is 0.822. The van der Waals surface area contributed by atoms with Gasteiger partial charge in [-0.15, -0.1) is 0 Å². The lowest BCUT2D eigenvalue weighted by molar-refractivity contribution is 0.720. The molecule has 0 saturated carbocycles. The predicted molar refractivity (Wildman–Crippen MR) is 61.3 cm³/mol. The molecule has 1 heterocycles. The van der Waals surface area contributed by atoms with Crippen molar-refractivity contribution in [3.8, 4) is 0 Å². The highest BCUT2D eigenvalue weighted by atomic mass is 14.6. The first kappa shape index (κ1) is 9.87. The highest BCUT2D eigenvalue weighted by molar-refractivity contribution is 5.21. The van der Waals surface area contributed by atoms with Crippen LogP contribution in [0.1, 0.15) is 17.2 Å². The van der Waals surface area contributed by atoms with Crippen LogP contribution in [0.15, 0.2) is 54.9 Å². The van der Waals surface area contributed by atoms with Crippen LogP contribution in [0.5, 0.6) is 0 Å². The minimum Gasteiger partial charge on any atom is -0.324 e. The first-order chi connectivity index (χ1) is 7.36. The molecule has 0 fully saturated rings. The molecule has 0 aliphatic rings. The van der Waals surface area contributed by atoms with E-state index in [0.717, 1.165) is 12.0 Å². The Bertz CT molecular complexity index is 397. The van der Waals surface area contributed by atoms with Gasteiger partial charge < -0.3 is 5.73 Å². The average molecular weight is 198 g/mol. The van der Waals surface area contributed by atoms with Gasteiger partial charge in [-0.3, -0.25) is 4.98 Å². The second-order valence-electron chi connectivity index (χ2n) is 3.58. The summed E-state index contributed by atoms with van der Waals surface area (Å²) in [6.45, 7) is 0. The molecule has 1 atom stereocenters. The summed E-state index contributed by atoms with van der Waals surface area (Å²) < 4.78 is 0. The predicted octanol–water partition coefficient (Wildman–Crippen LogP) is 2.32. The van der Waals surface area contributed by atoms with E-state index < -0.39 is 0 Å². The van der Waals surface area contributed by atoms with Gasteiger partial charge in [-0.2, -0.15) is 0 Å². The Morgan fingerprint density at radius 3 is 2.33 bits per heavy atom. The van der Waals surface area contributed by atoms with Crippen molar-refractivity contribution < 1.29 is 0 Å². The average Bonchev–Trinajstić information content (AvgIpc) is 2.31. The van der Waals surface area contributed by atoms with Gasteiger partial charge in [0.2, 0.25) is 0 Å². The Morgan fingerprint density at radius 2 is 1.67 bits per heavy atom. The molecule has 2 heteroatoms. The van der Waals surface area contributed by atoms with Gasteiger partial charge >= 0.3 is 0 Å². The number of pyridine rings is 1. The Balaban J connectivity index is 2.08. The fourth-order valence-corrected chi connectivity index (χ4v) is 1.60. The van der Waals surface area contributed by atoms with E-state index in [-0.39, 0.29) is 6.04 Å². The molecular formula is C13H14N2. The number of rotatable bonds is 3. The fraction of sp³-hybridized carbons (Fsp3) is 0.154. The van der Waals surface area contributed by atoms with Crippen LogP contribution in [-0.4, -0.2) is 4.98 Å². The molecular weight excluding hydrogens is 184 g/mol. The van der Waals surface area contributed by atoms with Gasteiger partial charge in [0.1, 0.15) is 0 Å². The number of nitrogens with zero attached hydrogens (tertiary/aromatic N) is 1. The Morgan fingerprint density at radius 1 is 1.00 bits per heavy atom. The Hall–Kier alpha value is -1.67. The zero-order valence-corrected chi connectivity index (χ0v) is 8.51. The van der Waals surface area contributed by atoms with Gasteiger partial charge in [-0.1, -0.05) is 30.3 Å². The van der Waals surface area contributed by atoms with Crippen molar-refractivity contribution in [1.29, 1.82) is 0 Å². The van der Waals surface area contributed by atoms with E-state index >= 15 is 0 Å². The standard InChI is InChI=1S/C13H14N2/c14-13(12-6-8-15-9-7-12)10-11-4-2-1-3-5-11/h1-9,13H,10,14H2/t13-/m0/s1. The SMILES string of the molecule is N[C@@H](Cc1ccccc1)c1ccncc1. The Kier molecular flexibility index (Phi) is 3.10. The topological polar surface area (TPSA) is 38.9 Å². The molecule has 0 bridgehead atoms. The molecule has 15 heavy (non-hydrogen) atoms. The summed E-state index contributed by atoms with van der Waals surface area (Å²) in [5, 5.41) is 0. The second kappa shape index (κ2) is 4.71. The van der Waals surface area contributed by atoms with Crippen LogP contribution in [0.2, 0.25) is 0 Å². The summed E-state index contributed by atoms with van der Waals surface area (Å²) >= 11 is 0. The molecule has 0 aliphatic carbocycles. The van der Waals surface area contributed by atoms with Crippen molar-refractivity contribution in [3.05, 3.63) is 66.0 Å². The maximum absolute atomic E-state index is 6.10. The maximum Gasteiger partial charge on any atom is 0.0336 e. The van der Waals surface area contributed by atoms with Gasteiger partial charge in [-0.25, -0.2) is 0 Å². The minimum atomic E-state index is 0.0513. The lowest BCUT2D eigenvalue weighted by Gasteiger charge is -2.11. The summed E-state index contributed by atoms with van der Waals surface area (Å²) in [4.78, 5) is 3.98. The molecule has 0 unspecified atom stereocenters. The zero-order valence-electron chi connectivity index (χ0n) is 8.51. The molecule has 0 spiro atoms. The van der Waals surface area contributed by atoms with Crippen LogP contribution in [0.25, 0.3) is 0 Å². The van der Waals surface area contributed by atoms with E-state index in [1.165, 1.54) is 5.56 Å². The van der Waals surface area contributed by atoms with Crippen LogP contribution in [0.4, 0.5) is 0 Å². The molecule has 1 aromatic carbocycles. The first-order valence-corrected chi connectivity index (χ1v) is 5.05. The first-order valence-electron chi connectivity index (χ1n) is 5.05. The van der Waals surface area contributed by atoms with Crippen molar-refractivity contribution in [1.82, 2.24) is 4.98 Å². The van der Waals surface area contributed by atoms with Gasteiger partial charge in [0.25, 0.3) is 0 Å². The largest absolute Gasteiger partial charge is 0.324 e. The third-order valence-electron chi connectivity index (χ3n) is 2.43. The number of hydrogen-bond acceptors (Lipinski definition) is 2. The molecule has 2 aromatic rings. The summed E-state index contributed by atoms with van der Waals surface area (Å²) in [6.07, 6.45) is 4.42. The van der Waals surface area contributed by atoms with E-state index in [4.69, 9.17) is 5.73 Å². The number of aromatic nitrogens is 1. The molecule has 0 aliphatic heterocycles. The number of nitrogens with two attached hydrogens (primary N) is 1. The second-order valence-corrected chi connectivity index (χ2v) is 3.58. The van der Waals surface area contributed by atoms with Crippen molar-refractivity contribution >= 4 is 0 Å². The van der Waals surface area contributed by atoms with Crippen molar-refractivity contribution in [3.63, 3.8) is 0 Å². The molecule has 0 radical (unpaired) electrons. The van der Waals surface area contributed by atoms with E-state index in [1.807, 2.05) is 30.3 Å². The summed E-state index contributed by atoms with van der Waals surface area (Å²) in [7, 11) is 0. The lowest BCUT2D eigenvalue weighted by atomic mass is 10.0. The highest BCUT2D eigenvalue weighted by Crippen LogP contribution is 2.14. The van der Waals surface area contributed by atoms with Crippen molar-refractivity contribution in [2.24, 2.45) is 5.73 Å². The van der Waals surface area contributed by atoms with Crippen LogP contribution >= 0.6 is 0 Å². The molecule has 1 aromatic heterocycles. The number of hydrogen-bond donors (Lipinski definition) is 1. The Labute approximate surface area is 89.8 Å². The molecule has 2 nitrogen and oxygen atoms in total. The molecule has 0 amide bonds. The maximum atomic E-state index is 6.10. The summed E-state index contributed by atoms with van der Waals surface area (Å²) in [5.74, 6) is 0. The van der Waals surface area contributed by atoms with Crippen LogP contribution in [0, 0.1) is 0 Å². The molecule has 0 saturated heterocycles. The molecule has 76 valence electrons. The van der Waals surface area contributed by atoms with Crippen LogP contribution < -0.4 is 5.73 Å². The van der Waals surface area contributed by atoms with Crippen LogP contribution in [-0.2, 0) is 6.42 Å². The lowest BCUT2D eigenvalue weighted by Crippen LogP contribution is -2.13. The minimum absolute atomic E-state index is 0.0513.